The number of nitriles is 1. The average Bonchev–Trinajstić information content (AvgIpc) is 3.31. The Morgan fingerprint density at radius 2 is 1.94 bits per heavy atom. The SMILES string of the molecule is CCC1CC(Nc2nc(Nc3cc(C(C)(C)O)[nH]n3)cc3ncccc23)CC(CC)N1CCC#N. The van der Waals surface area contributed by atoms with Crippen LogP contribution in [-0.2, 0) is 5.60 Å². The molecule has 35 heavy (non-hydrogen) atoms. The van der Waals surface area contributed by atoms with Gasteiger partial charge >= 0.3 is 0 Å². The first kappa shape index (κ1) is 24.9. The second-order valence-corrected chi connectivity index (χ2v) is 9.86. The van der Waals surface area contributed by atoms with Crippen LogP contribution in [-0.4, -0.2) is 54.8 Å². The molecule has 1 aliphatic rings. The Bertz CT molecular complexity index is 1160. The van der Waals surface area contributed by atoms with Gasteiger partial charge in [-0.25, -0.2) is 4.98 Å². The van der Waals surface area contributed by atoms with Crippen molar-refractivity contribution in [2.24, 2.45) is 0 Å². The Balaban J connectivity index is 1.59. The summed E-state index contributed by atoms with van der Waals surface area (Å²) in [4.78, 5) is 12.0. The maximum Gasteiger partial charge on any atom is 0.153 e. The van der Waals surface area contributed by atoms with E-state index in [4.69, 9.17) is 10.2 Å². The summed E-state index contributed by atoms with van der Waals surface area (Å²) in [7, 11) is 0. The van der Waals surface area contributed by atoms with Crippen LogP contribution in [0.1, 0.15) is 65.5 Å². The van der Waals surface area contributed by atoms with Crippen molar-refractivity contribution in [3.05, 3.63) is 36.2 Å². The quantitative estimate of drug-likeness (QED) is 0.351. The van der Waals surface area contributed by atoms with Crippen molar-refractivity contribution in [1.82, 2.24) is 25.1 Å². The summed E-state index contributed by atoms with van der Waals surface area (Å²) >= 11 is 0. The molecule has 0 aliphatic carbocycles. The molecule has 4 rings (SSSR count). The minimum atomic E-state index is -1.01. The van der Waals surface area contributed by atoms with Crippen LogP contribution in [0.25, 0.3) is 10.9 Å². The van der Waals surface area contributed by atoms with Crippen molar-refractivity contribution in [2.45, 2.75) is 83.5 Å². The number of hydrogen-bond donors (Lipinski definition) is 4. The van der Waals surface area contributed by atoms with Crippen LogP contribution in [0, 0.1) is 11.3 Å². The van der Waals surface area contributed by atoms with Gasteiger partial charge in [0.1, 0.15) is 17.2 Å². The standard InChI is InChI=1S/C26H36N8O/c1-5-18-13-17(14-19(6-2)34(18)12-8-10-27)29-25-20-9-7-11-28-21(20)15-23(31-25)30-24-16-22(32-33-24)26(3,4)35/h7,9,11,15-19,35H,5-6,8,12-14H2,1-4H3,(H3,29,30,31,32,33). The van der Waals surface area contributed by atoms with Gasteiger partial charge in [-0.2, -0.15) is 10.4 Å². The minimum Gasteiger partial charge on any atom is -0.384 e. The molecule has 3 aromatic heterocycles. The van der Waals surface area contributed by atoms with Gasteiger partial charge in [-0.3, -0.25) is 15.0 Å². The zero-order chi connectivity index (χ0) is 25.0. The second-order valence-electron chi connectivity index (χ2n) is 9.86. The summed E-state index contributed by atoms with van der Waals surface area (Å²) in [5.74, 6) is 2.02. The number of nitrogens with zero attached hydrogens (tertiary/aromatic N) is 5. The molecule has 4 N–H and O–H groups in total. The summed E-state index contributed by atoms with van der Waals surface area (Å²) in [5, 5.41) is 34.5. The third-order valence-corrected chi connectivity index (χ3v) is 6.91. The zero-order valence-corrected chi connectivity index (χ0v) is 21.0. The predicted molar refractivity (Wildman–Crippen MR) is 138 cm³/mol. The van der Waals surface area contributed by atoms with Crippen LogP contribution in [0.3, 0.4) is 0 Å². The van der Waals surface area contributed by atoms with E-state index >= 15 is 0 Å². The van der Waals surface area contributed by atoms with Crippen molar-refractivity contribution >= 4 is 28.4 Å². The van der Waals surface area contributed by atoms with Gasteiger partial charge in [-0.15, -0.1) is 0 Å². The van der Waals surface area contributed by atoms with Crippen molar-refractivity contribution in [2.75, 3.05) is 17.2 Å². The third kappa shape index (κ3) is 5.72. The first-order valence-corrected chi connectivity index (χ1v) is 12.5. The molecule has 1 aliphatic heterocycles. The summed E-state index contributed by atoms with van der Waals surface area (Å²) in [6.45, 7) is 8.72. The van der Waals surface area contributed by atoms with Crippen molar-refractivity contribution in [1.29, 1.82) is 5.26 Å². The molecular formula is C26H36N8O. The van der Waals surface area contributed by atoms with Crippen molar-refractivity contribution in [3.8, 4) is 6.07 Å². The molecular weight excluding hydrogens is 440 g/mol. The molecule has 2 unspecified atom stereocenters. The van der Waals surface area contributed by atoms with Gasteiger partial charge in [0, 0.05) is 54.8 Å². The molecule has 0 radical (unpaired) electrons. The third-order valence-electron chi connectivity index (χ3n) is 6.91. The molecule has 4 heterocycles. The molecule has 0 saturated carbocycles. The number of aromatic amines is 1. The number of anilines is 3. The molecule has 1 saturated heterocycles. The monoisotopic (exact) mass is 476 g/mol. The lowest BCUT2D eigenvalue weighted by atomic mass is 9.88. The minimum absolute atomic E-state index is 0.279. The number of rotatable bonds is 9. The molecule has 2 atom stereocenters. The predicted octanol–water partition coefficient (Wildman–Crippen LogP) is 4.67. The van der Waals surface area contributed by atoms with E-state index in [9.17, 15) is 5.11 Å². The maximum absolute atomic E-state index is 10.2. The van der Waals surface area contributed by atoms with E-state index in [1.807, 2.05) is 18.2 Å². The second kappa shape index (κ2) is 10.6. The van der Waals surface area contributed by atoms with E-state index in [1.165, 1.54) is 0 Å². The van der Waals surface area contributed by atoms with E-state index < -0.39 is 5.60 Å². The number of likely N-dealkylation sites (tertiary alicyclic amines) is 1. The number of piperidine rings is 1. The lowest BCUT2D eigenvalue weighted by Crippen LogP contribution is -2.52. The summed E-state index contributed by atoms with van der Waals surface area (Å²) in [5.41, 5.74) is 0.457. The number of aromatic nitrogens is 4. The fourth-order valence-electron chi connectivity index (χ4n) is 5.06. The van der Waals surface area contributed by atoms with Gasteiger partial charge in [0.05, 0.1) is 17.3 Å². The van der Waals surface area contributed by atoms with E-state index in [1.54, 1.807) is 26.1 Å². The van der Waals surface area contributed by atoms with Crippen LogP contribution in [0.5, 0.6) is 0 Å². The van der Waals surface area contributed by atoms with Gasteiger partial charge in [0.25, 0.3) is 0 Å². The van der Waals surface area contributed by atoms with Gasteiger partial charge in [-0.05, 0) is 51.7 Å². The molecule has 0 bridgehead atoms. The van der Waals surface area contributed by atoms with Gasteiger partial charge < -0.3 is 15.7 Å². The Hall–Kier alpha value is -3.22. The summed E-state index contributed by atoms with van der Waals surface area (Å²) < 4.78 is 0. The number of H-pyrrole nitrogens is 1. The molecule has 0 aromatic carbocycles. The Labute approximate surface area is 207 Å². The highest BCUT2D eigenvalue weighted by Gasteiger charge is 2.34. The van der Waals surface area contributed by atoms with Gasteiger partial charge in [-0.1, -0.05) is 13.8 Å². The Morgan fingerprint density at radius 3 is 2.57 bits per heavy atom. The number of hydrogen-bond acceptors (Lipinski definition) is 8. The van der Waals surface area contributed by atoms with Crippen LogP contribution in [0.2, 0.25) is 0 Å². The van der Waals surface area contributed by atoms with E-state index in [-0.39, 0.29) is 6.04 Å². The average molecular weight is 477 g/mol. The molecule has 0 spiro atoms. The molecule has 9 nitrogen and oxygen atoms in total. The van der Waals surface area contributed by atoms with E-state index in [2.05, 4.69) is 50.6 Å². The van der Waals surface area contributed by atoms with Crippen LogP contribution in [0.15, 0.2) is 30.5 Å². The summed E-state index contributed by atoms with van der Waals surface area (Å²) in [6, 6.07) is 11.1. The van der Waals surface area contributed by atoms with Crippen molar-refractivity contribution in [3.63, 3.8) is 0 Å². The first-order chi connectivity index (χ1) is 16.8. The molecule has 9 heteroatoms. The highest BCUT2D eigenvalue weighted by atomic mass is 16.3. The highest BCUT2D eigenvalue weighted by Crippen LogP contribution is 2.32. The Kier molecular flexibility index (Phi) is 7.53. The lowest BCUT2D eigenvalue weighted by Gasteiger charge is -2.45. The van der Waals surface area contributed by atoms with Crippen molar-refractivity contribution < 1.29 is 5.11 Å². The fourth-order valence-corrected chi connectivity index (χ4v) is 5.06. The number of fused-ring (bicyclic) bond motifs is 1. The topological polar surface area (TPSA) is 126 Å². The van der Waals surface area contributed by atoms with E-state index in [0.717, 1.165) is 48.9 Å². The first-order valence-electron chi connectivity index (χ1n) is 12.5. The molecule has 0 amide bonds. The smallest absolute Gasteiger partial charge is 0.153 e. The van der Waals surface area contributed by atoms with Crippen LogP contribution >= 0.6 is 0 Å². The maximum atomic E-state index is 10.2. The summed E-state index contributed by atoms with van der Waals surface area (Å²) in [6.07, 6.45) is 6.48. The van der Waals surface area contributed by atoms with Crippen LogP contribution in [0.4, 0.5) is 17.5 Å². The molecule has 3 aromatic rings. The highest BCUT2D eigenvalue weighted by molar-refractivity contribution is 5.91. The lowest BCUT2D eigenvalue weighted by molar-refractivity contribution is 0.0734. The number of nitrogens with one attached hydrogen (secondary N) is 3. The number of pyridine rings is 2. The zero-order valence-electron chi connectivity index (χ0n) is 21.0. The van der Waals surface area contributed by atoms with Crippen LogP contribution < -0.4 is 10.6 Å². The normalized spacial score (nSPS) is 21.1. The Morgan fingerprint density at radius 1 is 1.20 bits per heavy atom. The van der Waals surface area contributed by atoms with E-state index in [0.29, 0.717) is 35.8 Å². The van der Waals surface area contributed by atoms with Gasteiger partial charge in [0.15, 0.2) is 5.82 Å². The fraction of sp³-hybridized carbons (Fsp3) is 0.538. The molecule has 186 valence electrons. The largest absolute Gasteiger partial charge is 0.384 e. The number of aliphatic hydroxyl groups is 1. The van der Waals surface area contributed by atoms with Gasteiger partial charge in [0.2, 0.25) is 0 Å². The molecule has 1 fully saturated rings.